The Morgan fingerprint density at radius 2 is 2.00 bits per heavy atom. The molecule has 0 bridgehead atoms. The van der Waals surface area contributed by atoms with Gasteiger partial charge in [-0.05, 0) is 63.4 Å². The average Bonchev–Trinajstić information content (AvgIpc) is 3.58. The number of fused-ring (bicyclic) bond motifs is 1. The fourth-order valence-corrected chi connectivity index (χ4v) is 4.21. The van der Waals surface area contributed by atoms with Crippen molar-refractivity contribution in [1.82, 2.24) is 21.0 Å². The summed E-state index contributed by atoms with van der Waals surface area (Å²) in [5.41, 5.74) is 12.7. The fourth-order valence-electron chi connectivity index (χ4n) is 3.94. The Bertz CT molecular complexity index is 1360. The van der Waals surface area contributed by atoms with Crippen molar-refractivity contribution in [1.29, 1.82) is 5.26 Å². The SMILES string of the molecule is CC(C)(C)ONc1c(C#N)cnc2c(Cl)cc(NC(C3=CN(C4CC4)NN3)c3ccc(F)cc3)cc12. The number of rotatable bonds is 7. The van der Waals surface area contributed by atoms with E-state index in [1.165, 1.54) is 18.3 Å². The first kappa shape index (κ1) is 24.1. The summed E-state index contributed by atoms with van der Waals surface area (Å²) in [7, 11) is 0. The maximum atomic E-state index is 13.7. The molecular formula is C26H27ClFN7O. The van der Waals surface area contributed by atoms with E-state index in [9.17, 15) is 9.65 Å². The molecule has 10 heteroatoms. The van der Waals surface area contributed by atoms with Crippen LogP contribution in [0.5, 0.6) is 0 Å². The topological polar surface area (TPSA) is 97.3 Å². The summed E-state index contributed by atoms with van der Waals surface area (Å²) < 4.78 is 13.7. The zero-order chi connectivity index (χ0) is 25.4. The standard InChI is InChI=1S/C26H27ClFN7O/c1-26(2,3)36-33-23-16(12-29)13-30-25-20(23)10-18(11-21(25)27)31-24(15-4-6-17(28)7-5-15)22-14-35(34-32-22)19-8-9-19/h4-7,10-11,13-14,19,24,31-32,34H,8-9H2,1-3H3,(H,30,33). The van der Waals surface area contributed by atoms with Crippen LogP contribution in [0.2, 0.25) is 5.02 Å². The number of nitriles is 1. The molecule has 2 aromatic carbocycles. The van der Waals surface area contributed by atoms with Crippen LogP contribution in [0.15, 0.2) is 54.5 Å². The van der Waals surface area contributed by atoms with Gasteiger partial charge in [0.2, 0.25) is 0 Å². The lowest BCUT2D eigenvalue weighted by molar-refractivity contribution is 0.0377. The summed E-state index contributed by atoms with van der Waals surface area (Å²) in [6.07, 6.45) is 5.77. The molecule has 4 N–H and O–H groups in total. The Morgan fingerprint density at radius 1 is 1.25 bits per heavy atom. The minimum absolute atomic E-state index is 0.304. The van der Waals surface area contributed by atoms with E-state index in [1.54, 1.807) is 18.2 Å². The summed E-state index contributed by atoms with van der Waals surface area (Å²) in [6.45, 7) is 5.72. The Balaban J connectivity index is 1.55. The van der Waals surface area contributed by atoms with E-state index in [1.807, 2.05) is 33.0 Å². The molecule has 1 aliphatic carbocycles. The van der Waals surface area contributed by atoms with E-state index in [-0.39, 0.29) is 11.9 Å². The van der Waals surface area contributed by atoms with Crippen molar-refractivity contribution < 1.29 is 9.23 Å². The average molecular weight is 508 g/mol. The molecule has 186 valence electrons. The molecule has 0 spiro atoms. The first-order valence-corrected chi connectivity index (χ1v) is 12.1. The lowest BCUT2D eigenvalue weighted by Crippen LogP contribution is -2.38. The number of hydrazine groups is 2. The molecule has 5 rings (SSSR count). The van der Waals surface area contributed by atoms with Crippen LogP contribution in [-0.2, 0) is 4.84 Å². The molecule has 1 aromatic heterocycles. The van der Waals surface area contributed by atoms with Gasteiger partial charge in [0.05, 0.1) is 39.1 Å². The molecule has 2 heterocycles. The number of aromatic nitrogens is 1. The van der Waals surface area contributed by atoms with Gasteiger partial charge in [0.25, 0.3) is 0 Å². The number of hydrogen-bond acceptors (Lipinski definition) is 8. The highest BCUT2D eigenvalue weighted by atomic mass is 35.5. The van der Waals surface area contributed by atoms with Gasteiger partial charge in [-0.2, -0.15) is 5.26 Å². The predicted molar refractivity (Wildman–Crippen MR) is 138 cm³/mol. The van der Waals surface area contributed by atoms with Crippen LogP contribution in [0, 0.1) is 17.1 Å². The van der Waals surface area contributed by atoms with Gasteiger partial charge in [0, 0.05) is 29.5 Å². The summed E-state index contributed by atoms with van der Waals surface area (Å²) in [4.78, 5) is 10.2. The molecule has 0 radical (unpaired) electrons. The van der Waals surface area contributed by atoms with Crippen molar-refractivity contribution in [3.8, 4) is 6.07 Å². The molecule has 8 nitrogen and oxygen atoms in total. The summed E-state index contributed by atoms with van der Waals surface area (Å²) in [6, 6.07) is 12.3. The van der Waals surface area contributed by atoms with E-state index >= 15 is 0 Å². The molecule has 0 amide bonds. The zero-order valence-corrected chi connectivity index (χ0v) is 20.9. The number of anilines is 2. The normalized spacial score (nSPS) is 16.3. The summed E-state index contributed by atoms with van der Waals surface area (Å²) in [5.74, 6) is -0.304. The number of hydrogen-bond donors (Lipinski definition) is 4. The predicted octanol–water partition coefficient (Wildman–Crippen LogP) is 5.52. The van der Waals surface area contributed by atoms with Crippen molar-refractivity contribution in [3.63, 3.8) is 0 Å². The molecule has 3 aromatic rings. The van der Waals surface area contributed by atoms with Gasteiger partial charge in [-0.1, -0.05) is 23.7 Å². The van der Waals surface area contributed by atoms with E-state index in [4.69, 9.17) is 16.4 Å². The highest BCUT2D eigenvalue weighted by molar-refractivity contribution is 6.35. The van der Waals surface area contributed by atoms with Crippen LogP contribution in [0.1, 0.15) is 50.8 Å². The summed E-state index contributed by atoms with van der Waals surface area (Å²) >= 11 is 6.65. The number of nitrogens with one attached hydrogen (secondary N) is 4. The Labute approximate surface area is 214 Å². The molecule has 1 atom stereocenters. The van der Waals surface area contributed by atoms with Crippen molar-refractivity contribution >= 4 is 33.9 Å². The van der Waals surface area contributed by atoms with Gasteiger partial charge in [0.15, 0.2) is 0 Å². The van der Waals surface area contributed by atoms with E-state index in [2.05, 4.69) is 37.8 Å². The molecule has 36 heavy (non-hydrogen) atoms. The highest BCUT2D eigenvalue weighted by Crippen LogP contribution is 2.37. The minimum Gasteiger partial charge on any atom is -0.373 e. The first-order chi connectivity index (χ1) is 17.2. The van der Waals surface area contributed by atoms with Gasteiger partial charge in [0.1, 0.15) is 11.9 Å². The van der Waals surface area contributed by atoms with Crippen LogP contribution in [-0.4, -0.2) is 21.6 Å². The largest absolute Gasteiger partial charge is 0.373 e. The molecule has 1 saturated carbocycles. The number of pyridine rings is 1. The Hall–Kier alpha value is -3.58. The van der Waals surface area contributed by atoms with Gasteiger partial charge in [-0.15, -0.1) is 5.53 Å². The van der Waals surface area contributed by atoms with Crippen LogP contribution in [0.25, 0.3) is 10.9 Å². The smallest absolute Gasteiger partial charge is 0.123 e. The van der Waals surface area contributed by atoms with Crippen molar-refractivity contribution in [3.05, 3.63) is 76.5 Å². The summed E-state index contributed by atoms with van der Waals surface area (Å²) in [5, 5.41) is 16.3. The molecule has 2 aliphatic rings. The van der Waals surface area contributed by atoms with Gasteiger partial charge >= 0.3 is 0 Å². The highest BCUT2D eigenvalue weighted by Gasteiger charge is 2.32. The van der Waals surface area contributed by atoms with Gasteiger partial charge < -0.3 is 10.7 Å². The van der Waals surface area contributed by atoms with E-state index in [0.29, 0.717) is 38.9 Å². The van der Waals surface area contributed by atoms with E-state index in [0.717, 1.165) is 24.1 Å². The van der Waals surface area contributed by atoms with Crippen molar-refractivity contribution in [2.45, 2.75) is 51.3 Å². The number of halogens is 2. The lowest BCUT2D eigenvalue weighted by atomic mass is 10.0. The van der Waals surface area contributed by atoms with Gasteiger partial charge in [-0.25, -0.2) is 4.39 Å². The number of benzene rings is 2. The maximum absolute atomic E-state index is 13.7. The second kappa shape index (κ2) is 9.47. The third-order valence-corrected chi connectivity index (χ3v) is 6.17. The van der Waals surface area contributed by atoms with Crippen LogP contribution >= 0.6 is 11.6 Å². The van der Waals surface area contributed by atoms with Crippen LogP contribution in [0.3, 0.4) is 0 Å². The first-order valence-electron chi connectivity index (χ1n) is 11.7. The molecule has 0 saturated heterocycles. The fraction of sp³-hybridized carbons (Fsp3) is 0.308. The Kier molecular flexibility index (Phi) is 6.35. The van der Waals surface area contributed by atoms with Crippen LogP contribution < -0.4 is 21.8 Å². The van der Waals surface area contributed by atoms with E-state index < -0.39 is 5.60 Å². The number of nitrogens with zero attached hydrogens (tertiary/aromatic N) is 3. The molecule has 1 unspecified atom stereocenters. The third-order valence-electron chi connectivity index (χ3n) is 5.88. The van der Waals surface area contributed by atoms with Crippen molar-refractivity contribution in [2.24, 2.45) is 0 Å². The second-order valence-electron chi connectivity index (χ2n) is 9.92. The van der Waals surface area contributed by atoms with Crippen LogP contribution in [0.4, 0.5) is 15.8 Å². The zero-order valence-electron chi connectivity index (χ0n) is 20.2. The monoisotopic (exact) mass is 507 g/mol. The lowest BCUT2D eigenvalue weighted by Gasteiger charge is -2.23. The second-order valence-corrected chi connectivity index (χ2v) is 10.3. The maximum Gasteiger partial charge on any atom is 0.123 e. The molecular weight excluding hydrogens is 481 g/mol. The minimum atomic E-state index is -0.489. The van der Waals surface area contributed by atoms with Gasteiger partial charge in [-0.3, -0.25) is 20.3 Å². The Morgan fingerprint density at radius 3 is 2.67 bits per heavy atom. The third kappa shape index (κ3) is 5.16. The quantitative estimate of drug-likeness (QED) is 0.310. The van der Waals surface area contributed by atoms with Crippen molar-refractivity contribution in [2.75, 3.05) is 10.8 Å². The molecule has 1 fully saturated rings. The molecule has 1 aliphatic heterocycles.